The highest BCUT2D eigenvalue weighted by Crippen LogP contribution is 2.22. The van der Waals surface area contributed by atoms with Crippen molar-refractivity contribution in [2.24, 2.45) is 5.92 Å². The zero-order chi connectivity index (χ0) is 16.3. The van der Waals surface area contributed by atoms with E-state index in [1.54, 1.807) is 11.0 Å². The van der Waals surface area contributed by atoms with Gasteiger partial charge in [-0.3, -0.25) is 9.10 Å². The number of likely N-dealkylation sites (tertiary alicyclic amines) is 1. The average Bonchev–Trinajstić information content (AvgIpc) is 2.44. The van der Waals surface area contributed by atoms with E-state index in [1.165, 1.54) is 18.2 Å². The van der Waals surface area contributed by atoms with Crippen LogP contribution in [0.2, 0.25) is 0 Å². The zero-order valence-electron chi connectivity index (χ0n) is 12.8. The molecule has 1 aliphatic heterocycles. The molecular weight excluding hydrogens is 307 g/mol. The van der Waals surface area contributed by atoms with Gasteiger partial charge in [0.2, 0.25) is 15.9 Å². The molecule has 1 heterocycles. The number of benzene rings is 1. The Kier molecular flexibility index (Phi) is 5.05. The van der Waals surface area contributed by atoms with Crippen LogP contribution in [0.1, 0.15) is 19.8 Å². The zero-order valence-corrected chi connectivity index (χ0v) is 13.6. The molecule has 1 atom stereocenters. The van der Waals surface area contributed by atoms with Crippen LogP contribution in [0.4, 0.5) is 10.1 Å². The third kappa shape index (κ3) is 3.97. The summed E-state index contributed by atoms with van der Waals surface area (Å²) in [5.41, 5.74) is -0.0941. The minimum absolute atomic E-state index is 0.0941. The van der Waals surface area contributed by atoms with Gasteiger partial charge in [-0.2, -0.15) is 0 Å². The van der Waals surface area contributed by atoms with E-state index < -0.39 is 15.8 Å². The van der Waals surface area contributed by atoms with Gasteiger partial charge in [-0.25, -0.2) is 12.8 Å². The fourth-order valence-corrected chi connectivity index (χ4v) is 3.52. The van der Waals surface area contributed by atoms with Crippen LogP contribution < -0.4 is 4.31 Å². The van der Waals surface area contributed by atoms with Crippen molar-refractivity contribution < 1.29 is 17.6 Å². The minimum Gasteiger partial charge on any atom is -0.341 e. The second-order valence-electron chi connectivity index (χ2n) is 5.81. The van der Waals surface area contributed by atoms with E-state index in [-0.39, 0.29) is 18.1 Å². The Morgan fingerprint density at radius 1 is 1.41 bits per heavy atom. The third-order valence-electron chi connectivity index (χ3n) is 3.81. The van der Waals surface area contributed by atoms with E-state index in [1.807, 2.05) is 0 Å². The second-order valence-corrected chi connectivity index (χ2v) is 7.72. The molecule has 0 spiro atoms. The molecule has 0 aromatic heterocycles. The number of anilines is 1. The number of sulfonamides is 1. The van der Waals surface area contributed by atoms with Gasteiger partial charge < -0.3 is 4.90 Å². The number of piperidine rings is 1. The Morgan fingerprint density at radius 2 is 2.09 bits per heavy atom. The maximum atomic E-state index is 13.9. The van der Waals surface area contributed by atoms with Crippen LogP contribution in [0.15, 0.2) is 24.3 Å². The van der Waals surface area contributed by atoms with Crippen molar-refractivity contribution in [3.05, 3.63) is 30.1 Å². The summed E-state index contributed by atoms with van der Waals surface area (Å²) >= 11 is 0. The van der Waals surface area contributed by atoms with Crippen molar-refractivity contribution in [2.75, 3.05) is 30.2 Å². The van der Waals surface area contributed by atoms with Crippen molar-refractivity contribution in [1.82, 2.24) is 4.90 Å². The lowest BCUT2D eigenvalue weighted by Gasteiger charge is -2.33. The summed E-state index contributed by atoms with van der Waals surface area (Å²) in [4.78, 5) is 14.0. The SMILES string of the molecule is CC1CCCN(C(=O)CN(c2ccccc2F)S(C)(=O)=O)C1. The van der Waals surface area contributed by atoms with Crippen LogP contribution in [-0.4, -0.2) is 45.1 Å². The molecule has 0 aliphatic carbocycles. The molecule has 0 N–H and O–H groups in total. The molecule has 1 fully saturated rings. The number of para-hydroxylation sites is 1. The number of halogens is 1. The fourth-order valence-electron chi connectivity index (χ4n) is 2.67. The Balaban J connectivity index is 2.21. The number of nitrogens with zero attached hydrogens (tertiary/aromatic N) is 2. The van der Waals surface area contributed by atoms with E-state index in [2.05, 4.69) is 6.92 Å². The van der Waals surface area contributed by atoms with Gasteiger partial charge in [0.15, 0.2) is 0 Å². The number of carbonyl (C=O) groups is 1. The second kappa shape index (κ2) is 6.64. The maximum absolute atomic E-state index is 13.9. The molecule has 2 rings (SSSR count). The predicted octanol–water partition coefficient (Wildman–Crippen LogP) is 1.85. The summed E-state index contributed by atoms with van der Waals surface area (Å²) in [6, 6.07) is 5.57. The predicted molar refractivity (Wildman–Crippen MR) is 83.6 cm³/mol. The summed E-state index contributed by atoms with van der Waals surface area (Å²) in [7, 11) is -3.74. The van der Waals surface area contributed by atoms with Crippen molar-refractivity contribution in [3.63, 3.8) is 0 Å². The lowest BCUT2D eigenvalue weighted by molar-refractivity contribution is -0.131. The highest BCUT2D eigenvalue weighted by Gasteiger charge is 2.27. The highest BCUT2D eigenvalue weighted by atomic mass is 32.2. The van der Waals surface area contributed by atoms with Crippen molar-refractivity contribution >= 4 is 21.6 Å². The molecule has 5 nitrogen and oxygen atoms in total. The molecule has 1 aliphatic rings. The molecule has 1 aromatic rings. The van der Waals surface area contributed by atoms with E-state index in [0.717, 1.165) is 23.4 Å². The number of hydrogen-bond acceptors (Lipinski definition) is 3. The molecule has 1 saturated heterocycles. The smallest absolute Gasteiger partial charge is 0.243 e. The van der Waals surface area contributed by atoms with E-state index >= 15 is 0 Å². The minimum atomic E-state index is -3.74. The van der Waals surface area contributed by atoms with Gasteiger partial charge in [-0.15, -0.1) is 0 Å². The molecule has 0 saturated carbocycles. The lowest BCUT2D eigenvalue weighted by atomic mass is 10.0. The largest absolute Gasteiger partial charge is 0.341 e. The van der Waals surface area contributed by atoms with E-state index in [9.17, 15) is 17.6 Å². The van der Waals surface area contributed by atoms with Gasteiger partial charge in [0.25, 0.3) is 0 Å². The summed E-state index contributed by atoms with van der Waals surface area (Å²) < 4.78 is 38.6. The van der Waals surface area contributed by atoms with Gasteiger partial charge >= 0.3 is 0 Å². The monoisotopic (exact) mass is 328 g/mol. The quantitative estimate of drug-likeness (QED) is 0.847. The van der Waals surface area contributed by atoms with Crippen LogP contribution >= 0.6 is 0 Å². The van der Waals surface area contributed by atoms with Gasteiger partial charge in [-0.1, -0.05) is 19.1 Å². The van der Waals surface area contributed by atoms with Crippen LogP contribution in [0.3, 0.4) is 0 Å². The van der Waals surface area contributed by atoms with Gasteiger partial charge in [0.1, 0.15) is 12.4 Å². The molecule has 0 bridgehead atoms. The lowest BCUT2D eigenvalue weighted by Crippen LogP contribution is -2.46. The summed E-state index contributed by atoms with van der Waals surface area (Å²) in [5.74, 6) is -0.550. The standard InChI is InChI=1S/C15H21FN2O3S/c1-12-6-5-9-17(10-12)15(19)11-18(22(2,20)21)14-8-4-3-7-13(14)16/h3-4,7-8,12H,5-6,9-11H2,1-2H3. The van der Waals surface area contributed by atoms with E-state index in [4.69, 9.17) is 0 Å². The fraction of sp³-hybridized carbons (Fsp3) is 0.533. The average molecular weight is 328 g/mol. The molecule has 0 radical (unpaired) electrons. The molecule has 7 heteroatoms. The Morgan fingerprint density at radius 3 is 2.68 bits per heavy atom. The first-order chi connectivity index (χ1) is 10.3. The summed E-state index contributed by atoms with van der Waals surface area (Å²) in [6.45, 7) is 2.93. The molecule has 22 heavy (non-hydrogen) atoms. The van der Waals surface area contributed by atoms with Crippen LogP contribution in [0.25, 0.3) is 0 Å². The maximum Gasteiger partial charge on any atom is 0.243 e. The first-order valence-corrected chi connectivity index (χ1v) is 9.14. The molecule has 122 valence electrons. The Labute approximate surface area is 130 Å². The molecule has 1 amide bonds. The number of amides is 1. The van der Waals surface area contributed by atoms with Crippen molar-refractivity contribution in [2.45, 2.75) is 19.8 Å². The molecule has 1 aromatic carbocycles. The van der Waals surface area contributed by atoms with Crippen molar-refractivity contribution in [1.29, 1.82) is 0 Å². The Bertz CT molecular complexity index is 648. The first kappa shape index (κ1) is 16.7. The highest BCUT2D eigenvalue weighted by molar-refractivity contribution is 7.92. The van der Waals surface area contributed by atoms with E-state index in [0.29, 0.717) is 19.0 Å². The summed E-state index contributed by atoms with van der Waals surface area (Å²) in [6.07, 6.45) is 2.95. The summed E-state index contributed by atoms with van der Waals surface area (Å²) in [5, 5.41) is 0. The van der Waals surface area contributed by atoms with Gasteiger partial charge in [0, 0.05) is 13.1 Å². The number of carbonyl (C=O) groups excluding carboxylic acids is 1. The van der Waals surface area contributed by atoms with Crippen LogP contribution in [0, 0.1) is 11.7 Å². The Hall–Kier alpha value is -1.63. The first-order valence-electron chi connectivity index (χ1n) is 7.29. The van der Waals surface area contributed by atoms with Crippen molar-refractivity contribution in [3.8, 4) is 0 Å². The van der Waals surface area contributed by atoms with Gasteiger partial charge in [-0.05, 0) is 30.9 Å². The normalized spacial score (nSPS) is 19.0. The van der Waals surface area contributed by atoms with Crippen LogP contribution in [-0.2, 0) is 14.8 Å². The number of rotatable bonds is 4. The van der Waals surface area contributed by atoms with Crippen LogP contribution in [0.5, 0.6) is 0 Å². The third-order valence-corrected chi connectivity index (χ3v) is 4.94. The molecule has 1 unspecified atom stereocenters. The number of hydrogen-bond donors (Lipinski definition) is 0. The molecular formula is C15H21FN2O3S. The van der Waals surface area contributed by atoms with Gasteiger partial charge in [0.05, 0.1) is 11.9 Å². The topological polar surface area (TPSA) is 57.7 Å².